The number of aliphatic hydroxyl groups is 1. The molecule has 1 fully saturated rings. The van der Waals surface area contributed by atoms with Gasteiger partial charge in [-0.25, -0.2) is 8.78 Å². The van der Waals surface area contributed by atoms with Crippen LogP contribution in [0.5, 0.6) is 0 Å². The van der Waals surface area contributed by atoms with Crippen molar-refractivity contribution in [3.05, 3.63) is 34.5 Å². The third-order valence-electron chi connectivity index (χ3n) is 3.60. The number of amides is 1. The number of carbonyl (C=O) groups excluding carboxylic acids is 1. The van der Waals surface area contributed by atoms with Gasteiger partial charge < -0.3 is 20.7 Å². The summed E-state index contributed by atoms with van der Waals surface area (Å²) in [6.07, 6.45) is -0.790. The van der Waals surface area contributed by atoms with E-state index < -0.39 is 29.7 Å². The van der Waals surface area contributed by atoms with E-state index >= 15 is 0 Å². The van der Waals surface area contributed by atoms with Crippen LogP contribution in [0.2, 0.25) is 5.02 Å². The number of aliphatic hydroxyl groups excluding tert-OH is 1. The van der Waals surface area contributed by atoms with Gasteiger partial charge in [0.05, 0.1) is 16.6 Å². The van der Waals surface area contributed by atoms with Gasteiger partial charge in [0, 0.05) is 24.5 Å². The highest BCUT2D eigenvalue weighted by Gasteiger charge is 2.32. The van der Waals surface area contributed by atoms with Gasteiger partial charge in [-0.15, -0.1) is 0 Å². The molecule has 0 spiro atoms. The number of benzene rings is 1. The maximum Gasteiger partial charge on any atom is 0.270 e. The number of fused-ring (bicyclic) bond motifs is 1. The predicted molar refractivity (Wildman–Crippen MR) is 73.1 cm³/mol. The smallest absolute Gasteiger partial charge is 0.270 e. The number of aromatic nitrogens is 1. The molecule has 5 nitrogen and oxygen atoms in total. The first-order chi connectivity index (χ1) is 9.88. The predicted octanol–water partition coefficient (Wildman–Crippen LogP) is 1.24. The average molecular weight is 316 g/mol. The van der Waals surface area contributed by atoms with Crippen LogP contribution in [0.3, 0.4) is 0 Å². The van der Waals surface area contributed by atoms with Gasteiger partial charge in [0.2, 0.25) is 0 Å². The zero-order chi connectivity index (χ0) is 15.3. The van der Waals surface area contributed by atoms with Crippen molar-refractivity contribution in [2.24, 2.45) is 5.73 Å². The summed E-state index contributed by atoms with van der Waals surface area (Å²) in [6.45, 7) is 0.305. The van der Waals surface area contributed by atoms with Crippen molar-refractivity contribution in [1.29, 1.82) is 0 Å². The maximum absolute atomic E-state index is 13.8. The molecule has 1 aromatic carbocycles. The van der Waals surface area contributed by atoms with Crippen LogP contribution in [0.25, 0.3) is 10.9 Å². The number of nitrogens with one attached hydrogen (secondary N) is 1. The summed E-state index contributed by atoms with van der Waals surface area (Å²) in [5.74, 6) is -2.73. The molecule has 2 aromatic rings. The lowest BCUT2D eigenvalue weighted by Crippen LogP contribution is -2.33. The second-order valence-corrected chi connectivity index (χ2v) is 5.48. The van der Waals surface area contributed by atoms with Gasteiger partial charge in [-0.2, -0.15) is 0 Å². The van der Waals surface area contributed by atoms with E-state index in [1.807, 2.05) is 0 Å². The minimum atomic E-state index is -1.16. The van der Waals surface area contributed by atoms with Crippen molar-refractivity contribution in [3.8, 4) is 0 Å². The van der Waals surface area contributed by atoms with Crippen LogP contribution in [0, 0.1) is 11.6 Å². The Balaban J connectivity index is 1.98. The molecule has 0 radical (unpaired) electrons. The van der Waals surface area contributed by atoms with E-state index in [0.717, 1.165) is 0 Å². The number of rotatable bonds is 1. The second kappa shape index (κ2) is 4.94. The van der Waals surface area contributed by atoms with Gasteiger partial charge in [0.15, 0.2) is 11.6 Å². The Bertz CT molecular complexity index is 724. The Kier molecular flexibility index (Phi) is 3.35. The zero-order valence-corrected chi connectivity index (χ0v) is 11.5. The van der Waals surface area contributed by atoms with Crippen molar-refractivity contribution < 1.29 is 18.7 Å². The molecule has 0 bridgehead atoms. The highest BCUT2D eigenvalue weighted by Crippen LogP contribution is 2.27. The van der Waals surface area contributed by atoms with Gasteiger partial charge in [0.25, 0.3) is 5.91 Å². The van der Waals surface area contributed by atoms with E-state index in [2.05, 4.69) is 4.98 Å². The van der Waals surface area contributed by atoms with Crippen molar-refractivity contribution in [2.45, 2.75) is 12.1 Å². The van der Waals surface area contributed by atoms with E-state index in [1.54, 1.807) is 0 Å². The van der Waals surface area contributed by atoms with Gasteiger partial charge in [0.1, 0.15) is 5.69 Å². The van der Waals surface area contributed by atoms with Gasteiger partial charge in [-0.3, -0.25) is 4.79 Å². The summed E-state index contributed by atoms with van der Waals surface area (Å²) in [6, 6.07) is 2.12. The van der Waals surface area contributed by atoms with E-state index in [4.69, 9.17) is 17.3 Å². The van der Waals surface area contributed by atoms with E-state index in [1.165, 1.54) is 17.0 Å². The fourth-order valence-electron chi connectivity index (χ4n) is 2.44. The topological polar surface area (TPSA) is 82.3 Å². The average Bonchev–Trinajstić information content (AvgIpc) is 3.00. The summed E-state index contributed by atoms with van der Waals surface area (Å²) < 4.78 is 27.2. The Hall–Kier alpha value is -1.70. The van der Waals surface area contributed by atoms with Crippen LogP contribution in [-0.2, 0) is 0 Å². The molecule has 3 rings (SSSR count). The first-order valence-corrected chi connectivity index (χ1v) is 6.65. The number of halogens is 3. The number of hydrogen-bond donors (Lipinski definition) is 3. The number of aromatic amines is 1. The molecule has 0 aliphatic carbocycles. The molecule has 21 heavy (non-hydrogen) atoms. The molecule has 1 amide bonds. The minimum absolute atomic E-state index is 0.0897. The molecule has 1 aliphatic heterocycles. The van der Waals surface area contributed by atoms with Gasteiger partial charge in [-0.05, 0) is 12.1 Å². The summed E-state index contributed by atoms with van der Waals surface area (Å²) >= 11 is 5.57. The number of nitrogens with zero attached hydrogens (tertiary/aromatic N) is 1. The quantitative estimate of drug-likeness (QED) is 0.693. The molecule has 0 saturated carbocycles. The number of carbonyl (C=O) groups is 1. The second-order valence-electron chi connectivity index (χ2n) is 5.07. The summed E-state index contributed by atoms with van der Waals surface area (Å²) in [5, 5.41) is 9.51. The molecule has 2 heterocycles. The first kappa shape index (κ1) is 14.2. The molecule has 0 unspecified atom stereocenters. The molecular weight excluding hydrogens is 304 g/mol. The van der Waals surface area contributed by atoms with E-state index in [0.29, 0.717) is 5.39 Å². The lowest BCUT2D eigenvalue weighted by Gasteiger charge is -2.13. The van der Waals surface area contributed by atoms with Crippen LogP contribution in [0.15, 0.2) is 12.1 Å². The van der Waals surface area contributed by atoms with Crippen LogP contribution in [0.4, 0.5) is 8.78 Å². The summed E-state index contributed by atoms with van der Waals surface area (Å²) in [5.41, 5.74) is 5.61. The zero-order valence-electron chi connectivity index (χ0n) is 10.7. The van der Waals surface area contributed by atoms with Crippen molar-refractivity contribution in [2.75, 3.05) is 13.1 Å². The van der Waals surface area contributed by atoms with Crippen molar-refractivity contribution in [1.82, 2.24) is 9.88 Å². The van der Waals surface area contributed by atoms with Crippen LogP contribution < -0.4 is 5.73 Å². The summed E-state index contributed by atoms with van der Waals surface area (Å²) in [7, 11) is 0. The van der Waals surface area contributed by atoms with Gasteiger partial charge >= 0.3 is 0 Å². The first-order valence-electron chi connectivity index (χ1n) is 6.27. The molecular formula is C13H12ClF2N3O2. The fourth-order valence-corrected chi connectivity index (χ4v) is 2.64. The van der Waals surface area contributed by atoms with E-state index in [-0.39, 0.29) is 29.3 Å². The molecule has 4 N–H and O–H groups in total. The minimum Gasteiger partial charge on any atom is -0.390 e. The molecule has 112 valence electrons. The Morgan fingerprint density at radius 3 is 2.71 bits per heavy atom. The third-order valence-corrected chi connectivity index (χ3v) is 3.88. The Morgan fingerprint density at radius 2 is 2.10 bits per heavy atom. The molecule has 1 aliphatic rings. The standard InChI is InChI=1S/C13H12ClF2N3O2/c14-6-1-5-2-8(18-12(5)11(16)10(6)15)13(21)19-3-7(17)9(20)4-19/h1-2,7,9,18,20H,3-4,17H2/t7-,9-/m0/s1. The SMILES string of the molecule is N[C@H]1CN(C(=O)c2cc3cc(Cl)c(F)c(F)c3[nH]2)C[C@@H]1O. The normalized spacial score (nSPS) is 22.2. The lowest BCUT2D eigenvalue weighted by molar-refractivity contribution is 0.0760. The Morgan fingerprint density at radius 1 is 1.38 bits per heavy atom. The third kappa shape index (κ3) is 2.27. The van der Waals surface area contributed by atoms with E-state index in [9.17, 15) is 18.7 Å². The number of likely N-dealkylation sites (tertiary alicyclic amines) is 1. The van der Waals surface area contributed by atoms with Crippen LogP contribution in [0.1, 0.15) is 10.5 Å². The molecule has 8 heteroatoms. The molecule has 1 aromatic heterocycles. The molecule has 2 atom stereocenters. The Labute approximate surface area is 123 Å². The number of hydrogen-bond acceptors (Lipinski definition) is 3. The van der Waals surface area contributed by atoms with Crippen molar-refractivity contribution in [3.63, 3.8) is 0 Å². The lowest BCUT2D eigenvalue weighted by atomic mass is 10.2. The monoisotopic (exact) mass is 315 g/mol. The van der Waals surface area contributed by atoms with Crippen molar-refractivity contribution >= 4 is 28.4 Å². The number of nitrogens with two attached hydrogens (primary N) is 1. The number of H-pyrrole nitrogens is 1. The van der Waals surface area contributed by atoms with Crippen LogP contribution in [-0.4, -0.2) is 46.1 Å². The fraction of sp³-hybridized carbons (Fsp3) is 0.308. The summed E-state index contributed by atoms with van der Waals surface area (Å²) in [4.78, 5) is 16.2. The highest BCUT2D eigenvalue weighted by atomic mass is 35.5. The molecule has 1 saturated heterocycles. The highest BCUT2D eigenvalue weighted by molar-refractivity contribution is 6.31. The number of β-amino-alcohol motifs (C(OH)–C–C–N with tert-alkyl or cyclic N) is 1. The largest absolute Gasteiger partial charge is 0.390 e. The maximum atomic E-state index is 13.8. The van der Waals surface area contributed by atoms with Gasteiger partial charge in [-0.1, -0.05) is 11.6 Å². The van der Waals surface area contributed by atoms with Crippen LogP contribution >= 0.6 is 11.6 Å².